The molecular formula is C19H24N4O3. The van der Waals surface area contributed by atoms with E-state index >= 15 is 0 Å². The van der Waals surface area contributed by atoms with E-state index in [4.69, 9.17) is 13.9 Å². The van der Waals surface area contributed by atoms with Gasteiger partial charge in [-0.15, -0.1) is 0 Å². The van der Waals surface area contributed by atoms with Gasteiger partial charge in [0.25, 0.3) is 0 Å². The van der Waals surface area contributed by atoms with Gasteiger partial charge in [0, 0.05) is 12.6 Å². The van der Waals surface area contributed by atoms with E-state index in [1.54, 1.807) is 20.3 Å². The maximum Gasteiger partial charge on any atom is 0.232 e. The Morgan fingerprint density at radius 1 is 1.23 bits per heavy atom. The number of anilines is 1. The van der Waals surface area contributed by atoms with Gasteiger partial charge in [0.15, 0.2) is 11.5 Å². The van der Waals surface area contributed by atoms with Gasteiger partial charge in [-0.25, -0.2) is 0 Å². The maximum absolute atomic E-state index is 9.21. The monoisotopic (exact) mass is 356 g/mol. The molecule has 0 spiro atoms. The minimum absolute atomic E-state index is 0.252. The lowest BCUT2D eigenvalue weighted by molar-refractivity contribution is 0.355. The number of nitrogens with zero attached hydrogens (tertiary/aromatic N) is 3. The van der Waals surface area contributed by atoms with Crippen LogP contribution in [0.3, 0.4) is 0 Å². The number of hydrogen-bond acceptors (Lipinski definition) is 7. The summed E-state index contributed by atoms with van der Waals surface area (Å²) in [6.07, 6.45) is 4.49. The third-order valence-corrected chi connectivity index (χ3v) is 3.64. The van der Waals surface area contributed by atoms with Crippen LogP contribution >= 0.6 is 0 Å². The zero-order valence-corrected chi connectivity index (χ0v) is 15.6. The standard InChI is InChI=1S/C19H24N4O3/c1-23(2)11-5-10-21-19-15(13-20)22-18(26-19)9-7-14-6-8-16(24-3)17(12-14)25-4/h6-9,12,21H,5,10-11H2,1-4H3. The minimum atomic E-state index is 0.252. The summed E-state index contributed by atoms with van der Waals surface area (Å²) in [5.74, 6) is 2.07. The van der Waals surface area contributed by atoms with E-state index in [1.807, 2.05) is 44.4 Å². The Morgan fingerprint density at radius 3 is 2.65 bits per heavy atom. The van der Waals surface area contributed by atoms with Crippen LogP contribution in [0.1, 0.15) is 23.6 Å². The fraction of sp³-hybridized carbons (Fsp3) is 0.368. The summed E-state index contributed by atoms with van der Waals surface area (Å²) in [6.45, 7) is 1.66. The van der Waals surface area contributed by atoms with Gasteiger partial charge < -0.3 is 24.1 Å². The van der Waals surface area contributed by atoms with E-state index in [0.29, 0.717) is 29.8 Å². The molecule has 0 atom stereocenters. The summed E-state index contributed by atoms with van der Waals surface area (Å²) in [5, 5.41) is 12.3. The van der Waals surface area contributed by atoms with Gasteiger partial charge in [-0.2, -0.15) is 10.2 Å². The van der Waals surface area contributed by atoms with E-state index in [9.17, 15) is 5.26 Å². The van der Waals surface area contributed by atoms with Crippen molar-refractivity contribution in [3.63, 3.8) is 0 Å². The van der Waals surface area contributed by atoms with Gasteiger partial charge in [-0.3, -0.25) is 0 Å². The van der Waals surface area contributed by atoms with Crippen molar-refractivity contribution in [3.8, 4) is 17.6 Å². The van der Waals surface area contributed by atoms with E-state index in [-0.39, 0.29) is 5.69 Å². The number of oxazole rings is 1. The van der Waals surface area contributed by atoms with Gasteiger partial charge in [-0.1, -0.05) is 6.07 Å². The fourth-order valence-electron chi connectivity index (χ4n) is 2.32. The molecule has 0 fully saturated rings. The van der Waals surface area contributed by atoms with Crippen LogP contribution in [0.25, 0.3) is 12.2 Å². The molecule has 138 valence electrons. The third kappa shape index (κ3) is 5.26. The molecule has 26 heavy (non-hydrogen) atoms. The molecule has 1 heterocycles. The SMILES string of the molecule is COc1ccc(C=Cc2nc(C#N)c(NCCCN(C)C)o2)cc1OC. The summed E-state index contributed by atoms with van der Waals surface area (Å²) < 4.78 is 16.1. The second kappa shape index (κ2) is 9.49. The number of rotatable bonds is 9. The van der Waals surface area contributed by atoms with Crippen molar-refractivity contribution in [2.75, 3.05) is 46.7 Å². The van der Waals surface area contributed by atoms with Crippen molar-refractivity contribution in [2.45, 2.75) is 6.42 Å². The Kier molecular flexibility index (Phi) is 7.06. The molecular weight excluding hydrogens is 332 g/mol. The van der Waals surface area contributed by atoms with Crippen molar-refractivity contribution in [2.24, 2.45) is 0 Å². The number of ether oxygens (including phenoxy) is 2. The predicted molar refractivity (Wildman–Crippen MR) is 101 cm³/mol. The number of hydrogen-bond donors (Lipinski definition) is 1. The summed E-state index contributed by atoms with van der Waals surface area (Å²) >= 11 is 0. The highest BCUT2D eigenvalue weighted by molar-refractivity contribution is 5.68. The van der Waals surface area contributed by atoms with E-state index in [1.165, 1.54) is 0 Å². The number of benzene rings is 1. The molecule has 7 heteroatoms. The zero-order chi connectivity index (χ0) is 18.9. The molecule has 2 rings (SSSR count). The first-order valence-corrected chi connectivity index (χ1v) is 8.27. The lowest BCUT2D eigenvalue weighted by Crippen LogP contribution is -2.16. The highest BCUT2D eigenvalue weighted by atomic mass is 16.5. The molecule has 1 aromatic carbocycles. The minimum Gasteiger partial charge on any atom is -0.493 e. The fourth-order valence-corrected chi connectivity index (χ4v) is 2.32. The first-order valence-electron chi connectivity index (χ1n) is 8.27. The summed E-state index contributed by atoms with van der Waals surface area (Å²) in [5.41, 5.74) is 1.15. The molecule has 0 saturated heterocycles. The molecule has 0 bridgehead atoms. The molecule has 2 aromatic rings. The van der Waals surface area contributed by atoms with Crippen molar-refractivity contribution in [1.82, 2.24) is 9.88 Å². The maximum atomic E-state index is 9.21. The first kappa shape index (κ1) is 19.3. The molecule has 7 nitrogen and oxygen atoms in total. The van der Waals surface area contributed by atoms with Crippen LogP contribution in [0.4, 0.5) is 5.88 Å². The molecule has 0 radical (unpaired) electrons. The lowest BCUT2D eigenvalue weighted by atomic mass is 10.2. The Bertz CT molecular complexity index is 791. The number of aromatic nitrogens is 1. The van der Waals surface area contributed by atoms with Crippen molar-refractivity contribution in [3.05, 3.63) is 35.3 Å². The molecule has 0 amide bonds. The second-order valence-corrected chi connectivity index (χ2v) is 5.87. The highest BCUT2D eigenvalue weighted by Gasteiger charge is 2.11. The van der Waals surface area contributed by atoms with Crippen LogP contribution in [-0.4, -0.2) is 51.3 Å². The third-order valence-electron chi connectivity index (χ3n) is 3.64. The Hall–Kier alpha value is -2.98. The lowest BCUT2D eigenvalue weighted by Gasteiger charge is -2.08. The molecule has 1 N–H and O–H groups in total. The molecule has 0 saturated carbocycles. The summed E-state index contributed by atoms with van der Waals surface area (Å²) in [4.78, 5) is 6.29. The van der Waals surface area contributed by atoms with Crippen LogP contribution < -0.4 is 14.8 Å². The van der Waals surface area contributed by atoms with Gasteiger partial charge in [0.1, 0.15) is 6.07 Å². The van der Waals surface area contributed by atoms with Gasteiger partial charge in [0.2, 0.25) is 17.5 Å². The normalized spacial score (nSPS) is 10.9. The molecule has 0 aliphatic carbocycles. The largest absolute Gasteiger partial charge is 0.493 e. The van der Waals surface area contributed by atoms with E-state index in [2.05, 4.69) is 15.2 Å². The van der Waals surface area contributed by atoms with E-state index < -0.39 is 0 Å². The van der Waals surface area contributed by atoms with Crippen LogP contribution in [-0.2, 0) is 0 Å². The molecule has 1 aromatic heterocycles. The summed E-state index contributed by atoms with van der Waals surface area (Å²) in [7, 11) is 7.22. The smallest absolute Gasteiger partial charge is 0.232 e. The second-order valence-electron chi connectivity index (χ2n) is 5.87. The van der Waals surface area contributed by atoms with Crippen molar-refractivity contribution < 1.29 is 13.9 Å². The summed E-state index contributed by atoms with van der Waals surface area (Å²) in [6, 6.07) is 7.62. The van der Waals surface area contributed by atoms with Crippen LogP contribution in [0.15, 0.2) is 22.6 Å². The number of nitriles is 1. The average Bonchev–Trinajstić information content (AvgIpc) is 3.05. The Labute approximate surface area is 153 Å². The van der Waals surface area contributed by atoms with Gasteiger partial charge >= 0.3 is 0 Å². The van der Waals surface area contributed by atoms with Crippen LogP contribution in [0, 0.1) is 11.3 Å². The van der Waals surface area contributed by atoms with Gasteiger partial charge in [-0.05, 0) is 50.8 Å². The topological polar surface area (TPSA) is 83.5 Å². The molecule has 0 aliphatic heterocycles. The number of methoxy groups -OCH3 is 2. The zero-order valence-electron chi connectivity index (χ0n) is 15.6. The Balaban J connectivity index is 2.07. The molecule has 0 aliphatic rings. The predicted octanol–water partition coefficient (Wildman–Crippen LogP) is 3.10. The van der Waals surface area contributed by atoms with Crippen LogP contribution in [0.2, 0.25) is 0 Å². The number of nitrogens with one attached hydrogen (secondary N) is 1. The molecule has 0 unspecified atom stereocenters. The quantitative estimate of drug-likeness (QED) is 0.691. The van der Waals surface area contributed by atoms with E-state index in [0.717, 1.165) is 18.5 Å². The van der Waals surface area contributed by atoms with Crippen LogP contribution in [0.5, 0.6) is 11.5 Å². The average molecular weight is 356 g/mol. The van der Waals surface area contributed by atoms with Crippen molar-refractivity contribution in [1.29, 1.82) is 5.26 Å². The van der Waals surface area contributed by atoms with Crippen molar-refractivity contribution >= 4 is 18.0 Å². The Morgan fingerprint density at radius 2 is 2.00 bits per heavy atom. The first-order chi connectivity index (χ1) is 12.6. The highest BCUT2D eigenvalue weighted by Crippen LogP contribution is 2.28. The van der Waals surface area contributed by atoms with Gasteiger partial charge in [0.05, 0.1) is 14.2 Å².